The molecule has 3 rings (SSSR count). The Morgan fingerprint density at radius 3 is 2.63 bits per heavy atom. The number of phenols is 1. The van der Waals surface area contributed by atoms with E-state index in [2.05, 4.69) is 0 Å². The van der Waals surface area contributed by atoms with Crippen molar-refractivity contribution < 1.29 is 28.5 Å². The fraction of sp³-hybridized carbons (Fsp3) is 0.217. The number of fused-ring (bicyclic) bond motifs is 1. The molecule has 3 aromatic rings. The Morgan fingerprint density at radius 2 is 1.93 bits per heavy atom. The average molecular weight is 410 g/mol. The molecule has 1 N–H and O–H groups in total. The van der Waals surface area contributed by atoms with E-state index in [0.717, 1.165) is 0 Å². The van der Waals surface area contributed by atoms with E-state index >= 15 is 0 Å². The Balaban J connectivity index is 1.81. The Labute approximate surface area is 173 Å². The minimum Gasteiger partial charge on any atom is -0.508 e. The van der Waals surface area contributed by atoms with Crippen LogP contribution in [0.15, 0.2) is 51.7 Å². The van der Waals surface area contributed by atoms with Crippen molar-refractivity contribution in [2.45, 2.75) is 20.0 Å². The molecular formula is C23H22O7. The van der Waals surface area contributed by atoms with Crippen molar-refractivity contribution in [3.63, 3.8) is 0 Å². The first-order valence-corrected chi connectivity index (χ1v) is 9.31. The second kappa shape index (κ2) is 9.17. The molecule has 0 saturated carbocycles. The number of carbonyl (C=O) groups is 1. The largest absolute Gasteiger partial charge is 0.508 e. The van der Waals surface area contributed by atoms with Crippen molar-refractivity contribution in [3.8, 4) is 17.2 Å². The molecule has 1 heterocycles. The quantitative estimate of drug-likeness (QED) is 0.359. The summed E-state index contributed by atoms with van der Waals surface area (Å²) in [7, 11) is 3.05. The topological polar surface area (TPSA) is 95.2 Å². The molecule has 0 radical (unpaired) electrons. The molecule has 2 aromatic carbocycles. The lowest BCUT2D eigenvalue weighted by Crippen LogP contribution is -2.06. The van der Waals surface area contributed by atoms with Crippen LogP contribution in [0.1, 0.15) is 23.6 Å². The van der Waals surface area contributed by atoms with Gasteiger partial charge >= 0.3 is 11.6 Å². The molecule has 0 fully saturated rings. The zero-order valence-electron chi connectivity index (χ0n) is 16.9. The molecule has 30 heavy (non-hydrogen) atoms. The lowest BCUT2D eigenvalue weighted by Gasteiger charge is -2.10. The second-order valence-electron chi connectivity index (χ2n) is 6.45. The average Bonchev–Trinajstić information content (AvgIpc) is 2.74. The number of para-hydroxylation sites is 1. The Hall–Kier alpha value is -3.74. The van der Waals surface area contributed by atoms with Crippen LogP contribution in [0.25, 0.3) is 17.0 Å². The molecule has 0 aliphatic carbocycles. The summed E-state index contributed by atoms with van der Waals surface area (Å²) in [6.45, 7) is 1.78. The van der Waals surface area contributed by atoms with Crippen molar-refractivity contribution in [2.75, 3.05) is 14.2 Å². The first kappa shape index (κ1) is 21.0. The number of aryl methyl sites for hydroxylation is 1. The number of hydrogen-bond acceptors (Lipinski definition) is 7. The van der Waals surface area contributed by atoms with Gasteiger partial charge in [-0.1, -0.05) is 19.1 Å². The van der Waals surface area contributed by atoms with Crippen LogP contribution in [0.4, 0.5) is 0 Å². The maximum atomic E-state index is 12.2. The monoisotopic (exact) mass is 410 g/mol. The third-order valence-corrected chi connectivity index (χ3v) is 4.61. The first-order chi connectivity index (χ1) is 14.5. The van der Waals surface area contributed by atoms with Crippen molar-refractivity contribution >= 4 is 23.0 Å². The number of phenolic OH excluding ortho intramolecular Hbond substituents is 1. The van der Waals surface area contributed by atoms with Crippen molar-refractivity contribution in [3.05, 3.63) is 69.6 Å². The van der Waals surface area contributed by atoms with Crippen LogP contribution in [0.5, 0.6) is 17.2 Å². The zero-order valence-corrected chi connectivity index (χ0v) is 16.9. The molecule has 0 atom stereocenters. The Morgan fingerprint density at radius 1 is 1.13 bits per heavy atom. The summed E-state index contributed by atoms with van der Waals surface area (Å²) in [5.41, 5.74) is 1.50. The molecule has 0 spiro atoms. The van der Waals surface area contributed by atoms with E-state index in [4.69, 9.17) is 18.6 Å². The predicted molar refractivity (Wildman–Crippen MR) is 112 cm³/mol. The molecular weight excluding hydrogens is 388 g/mol. The van der Waals surface area contributed by atoms with Gasteiger partial charge in [-0.15, -0.1) is 0 Å². The van der Waals surface area contributed by atoms with Crippen LogP contribution < -0.4 is 15.1 Å². The third kappa shape index (κ3) is 4.46. The van der Waals surface area contributed by atoms with Crippen LogP contribution in [0, 0.1) is 0 Å². The van der Waals surface area contributed by atoms with E-state index < -0.39 is 11.6 Å². The van der Waals surface area contributed by atoms with E-state index in [0.29, 0.717) is 40.0 Å². The first-order valence-electron chi connectivity index (χ1n) is 9.31. The van der Waals surface area contributed by atoms with Crippen LogP contribution >= 0.6 is 0 Å². The SMILES string of the molecule is CCc1cc2c(COC(=O)/C=C/c3cccc(OC)c3OC)cc(=O)oc2cc1O. The standard InChI is InChI=1S/C23H22O7/c1-4-14-10-17-16(11-22(26)30-20(17)12-18(14)24)13-29-21(25)9-8-15-6-5-7-19(27-2)23(15)28-3/h5-12,24H,4,13H2,1-3H3/b9-8+. The summed E-state index contributed by atoms with van der Waals surface area (Å²) in [6.07, 6.45) is 3.44. The highest BCUT2D eigenvalue weighted by Gasteiger charge is 2.12. The van der Waals surface area contributed by atoms with Crippen LogP contribution in [-0.4, -0.2) is 25.3 Å². The maximum Gasteiger partial charge on any atom is 0.336 e. The second-order valence-corrected chi connectivity index (χ2v) is 6.45. The van der Waals surface area contributed by atoms with Crippen LogP contribution in [0.2, 0.25) is 0 Å². The van der Waals surface area contributed by atoms with E-state index in [1.54, 1.807) is 30.3 Å². The third-order valence-electron chi connectivity index (χ3n) is 4.61. The van der Waals surface area contributed by atoms with Gasteiger partial charge in [-0.2, -0.15) is 0 Å². The van der Waals surface area contributed by atoms with Crippen molar-refractivity contribution in [1.82, 2.24) is 0 Å². The van der Waals surface area contributed by atoms with E-state index in [9.17, 15) is 14.7 Å². The van der Waals surface area contributed by atoms with Crippen molar-refractivity contribution in [2.24, 2.45) is 0 Å². The normalized spacial score (nSPS) is 11.0. The molecule has 156 valence electrons. The number of esters is 1. The van der Waals surface area contributed by atoms with Crippen LogP contribution in [0.3, 0.4) is 0 Å². The highest BCUT2D eigenvalue weighted by atomic mass is 16.5. The van der Waals surface area contributed by atoms with E-state index in [1.165, 1.54) is 32.4 Å². The van der Waals surface area contributed by atoms with E-state index in [-0.39, 0.29) is 17.9 Å². The number of aromatic hydroxyl groups is 1. The van der Waals surface area contributed by atoms with Crippen LogP contribution in [-0.2, 0) is 22.6 Å². The summed E-state index contributed by atoms with van der Waals surface area (Å²) < 4.78 is 21.0. The Bertz CT molecular complexity index is 1160. The number of carbonyl (C=O) groups excluding carboxylic acids is 1. The molecule has 0 bridgehead atoms. The summed E-state index contributed by atoms with van der Waals surface area (Å²) in [6, 6.07) is 9.72. The minimum absolute atomic E-state index is 0.0532. The fourth-order valence-electron chi connectivity index (χ4n) is 3.11. The molecule has 0 unspecified atom stereocenters. The number of rotatable bonds is 7. The van der Waals surface area contributed by atoms with Gasteiger partial charge in [-0.05, 0) is 30.2 Å². The molecule has 7 heteroatoms. The summed E-state index contributed by atoms with van der Waals surface area (Å²) in [4.78, 5) is 24.0. The highest BCUT2D eigenvalue weighted by Crippen LogP contribution is 2.31. The number of benzene rings is 2. The molecule has 1 aromatic heterocycles. The van der Waals surface area contributed by atoms with Gasteiger partial charge in [-0.25, -0.2) is 9.59 Å². The number of hydrogen-bond donors (Lipinski definition) is 1. The Kier molecular flexibility index (Phi) is 6.41. The van der Waals surface area contributed by atoms with Gasteiger partial charge in [-0.3, -0.25) is 0 Å². The van der Waals surface area contributed by atoms with Crippen molar-refractivity contribution in [1.29, 1.82) is 0 Å². The van der Waals surface area contributed by atoms with Gasteiger partial charge in [0.05, 0.1) is 14.2 Å². The summed E-state index contributed by atoms with van der Waals surface area (Å²) in [5.74, 6) is 0.515. The van der Waals surface area contributed by atoms with Gasteiger partial charge < -0.3 is 23.7 Å². The van der Waals surface area contributed by atoms with Gasteiger partial charge in [0, 0.05) is 34.7 Å². The molecule has 0 aliphatic rings. The molecule has 0 aliphatic heterocycles. The fourth-order valence-corrected chi connectivity index (χ4v) is 3.11. The molecule has 7 nitrogen and oxygen atoms in total. The summed E-state index contributed by atoms with van der Waals surface area (Å²) >= 11 is 0. The number of methoxy groups -OCH3 is 2. The molecule has 0 saturated heterocycles. The molecule has 0 amide bonds. The highest BCUT2D eigenvalue weighted by molar-refractivity contribution is 5.88. The zero-order chi connectivity index (χ0) is 21.7. The lowest BCUT2D eigenvalue weighted by atomic mass is 10.0. The number of ether oxygens (including phenoxy) is 3. The van der Waals surface area contributed by atoms with Gasteiger partial charge in [0.25, 0.3) is 0 Å². The smallest absolute Gasteiger partial charge is 0.336 e. The van der Waals surface area contributed by atoms with E-state index in [1.807, 2.05) is 6.92 Å². The van der Waals surface area contributed by atoms with Gasteiger partial charge in [0.15, 0.2) is 11.5 Å². The maximum absolute atomic E-state index is 12.2. The van der Waals surface area contributed by atoms with Gasteiger partial charge in [0.2, 0.25) is 0 Å². The predicted octanol–water partition coefficient (Wildman–Crippen LogP) is 3.83. The lowest BCUT2D eigenvalue weighted by molar-refractivity contribution is -0.138. The summed E-state index contributed by atoms with van der Waals surface area (Å²) in [5, 5.41) is 10.6. The minimum atomic E-state index is -0.589. The van der Waals surface area contributed by atoms with Gasteiger partial charge in [0.1, 0.15) is 17.9 Å².